The lowest BCUT2D eigenvalue weighted by atomic mass is 10.1. The molecule has 1 N–H and O–H groups in total. The maximum atomic E-state index is 5.43. The van der Waals surface area contributed by atoms with Crippen molar-refractivity contribution in [1.29, 1.82) is 0 Å². The van der Waals surface area contributed by atoms with Crippen LogP contribution in [0.2, 0.25) is 0 Å². The molecular weight excluding hydrogens is 238 g/mol. The first-order chi connectivity index (χ1) is 9.36. The van der Waals surface area contributed by atoms with Gasteiger partial charge in [-0.25, -0.2) is 4.99 Å². The van der Waals surface area contributed by atoms with Crippen molar-refractivity contribution in [3.05, 3.63) is 47.8 Å². The number of hydrogen-bond acceptors (Lipinski definition) is 3. The predicted molar refractivity (Wildman–Crippen MR) is 75.9 cm³/mol. The molecule has 2 aliphatic rings. The zero-order valence-corrected chi connectivity index (χ0v) is 11.2. The number of H-pyrrole nitrogens is 1. The SMILES string of the molecule is COC1=CC(c2ccc[nH]2)=N/C1=C\N1CCCCC1. The molecule has 0 bridgehead atoms. The van der Waals surface area contributed by atoms with Crippen LogP contribution in [0.25, 0.3) is 0 Å². The van der Waals surface area contributed by atoms with Gasteiger partial charge in [0.05, 0.1) is 18.5 Å². The Kier molecular flexibility index (Phi) is 3.40. The Morgan fingerprint density at radius 3 is 2.84 bits per heavy atom. The molecule has 1 aromatic rings. The normalized spacial score (nSPS) is 21.5. The third-order valence-electron chi connectivity index (χ3n) is 3.55. The highest BCUT2D eigenvalue weighted by atomic mass is 16.5. The van der Waals surface area contributed by atoms with Gasteiger partial charge in [0.15, 0.2) is 0 Å². The molecule has 1 aromatic heterocycles. The van der Waals surface area contributed by atoms with Gasteiger partial charge in [-0.2, -0.15) is 0 Å². The van der Waals surface area contributed by atoms with Gasteiger partial charge in [0, 0.05) is 31.6 Å². The van der Waals surface area contributed by atoms with Crippen LogP contribution in [0.15, 0.2) is 47.1 Å². The molecule has 0 amide bonds. The topological polar surface area (TPSA) is 40.6 Å². The quantitative estimate of drug-likeness (QED) is 0.904. The fourth-order valence-corrected chi connectivity index (χ4v) is 2.52. The Labute approximate surface area is 113 Å². The van der Waals surface area contributed by atoms with Crippen molar-refractivity contribution < 1.29 is 4.74 Å². The molecule has 3 rings (SSSR count). The molecule has 0 spiro atoms. The van der Waals surface area contributed by atoms with E-state index in [0.29, 0.717) is 0 Å². The summed E-state index contributed by atoms with van der Waals surface area (Å²) >= 11 is 0. The van der Waals surface area contributed by atoms with E-state index >= 15 is 0 Å². The lowest BCUT2D eigenvalue weighted by Gasteiger charge is -2.25. The Morgan fingerprint density at radius 2 is 2.16 bits per heavy atom. The van der Waals surface area contributed by atoms with E-state index in [1.54, 1.807) is 7.11 Å². The average molecular weight is 257 g/mol. The van der Waals surface area contributed by atoms with Crippen LogP contribution in [0.3, 0.4) is 0 Å². The van der Waals surface area contributed by atoms with E-state index < -0.39 is 0 Å². The maximum absolute atomic E-state index is 5.43. The zero-order valence-electron chi connectivity index (χ0n) is 11.2. The number of allylic oxidation sites excluding steroid dienone is 1. The van der Waals surface area contributed by atoms with Crippen LogP contribution >= 0.6 is 0 Å². The number of methoxy groups -OCH3 is 1. The summed E-state index contributed by atoms with van der Waals surface area (Å²) in [5.41, 5.74) is 2.88. The number of rotatable bonds is 3. The minimum Gasteiger partial charge on any atom is -0.494 e. The third-order valence-corrected chi connectivity index (χ3v) is 3.55. The molecule has 0 aliphatic carbocycles. The second kappa shape index (κ2) is 5.34. The van der Waals surface area contributed by atoms with Gasteiger partial charge in [0.1, 0.15) is 11.5 Å². The molecule has 0 radical (unpaired) electrons. The van der Waals surface area contributed by atoms with Crippen LogP contribution in [0.5, 0.6) is 0 Å². The summed E-state index contributed by atoms with van der Waals surface area (Å²) in [5, 5.41) is 0. The molecule has 0 unspecified atom stereocenters. The fourth-order valence-electron chi connectivity index (χ4n) is 2.52. The second-order valence-electron chi connectivity index (χ2n) is 4.90. The van der Waals surface area contributed by atoms with E-state index in [4.69, 9.17) is 4.74 Å². The van der Waals surface area contributed by atoms with Crippen molar-refractivity contribution in [1.82, 2.24) is 9.88 Å². The number of likely N-dealkylation sites (tertiary alicyclic amines) is 1. The van der Waals surface area contributed by atoms with Crippen molar-refractivity contribution >= 4 is 5.71 Å². The fraction of sp³-hybridized carbons (Fsp3) is 0.400. The molecule has 19 heavy (non-hydrogen) atoms. The molecule has 2 aliphatic heterocycles. The maximum Gasteiger partial charge on any atom is 0.148 e. The number of piperidine rings is 1. The summed E-state index contributed by atoms with van der Waals surface area (Å²) in [7, 11) is 1.70. The van der Waals surface area contributed by atoms with Gasteiger partial charge in [-0.15, -0.1) is 0 Å². The summed E-state index contributed by atoms with van der Waals surface area (Å²) < 4.78 is 5.43. The first kappa shape index (κ1) is 12.1. The molecular formula is C15H19N3O. The molecule has 0 saturated carbocycles. The first-order valence-electron chi connectivity index (χ1n) is 6.81. The van der Waals surface area contributed by atoms with Gasteiger partial charge in [0.2, 0.25) is 0 Å². The number of nitrogens with one attached hydrogen (secondary N) is 1. The van der Waals surface area contributed by atoms with E-state index in [-0.39, 0.29) is 0 Å². The highest BCUT2D eigenvalue weighted by Crippen LogP contribution is 2.23. The van der Waals surface area contributed by atoms with Gasteiger partial charge in [-0.3, -0.25) is 0 Å². The van der Waals surface area contributed by atoms with Crippen molar-refractivity contribution in [2.24, 2.45) is 4.99 Å². The van der Waals surface area contributed by atoms with Crippen molar-refractivity contribution in [3.8, 4) is 0 Å². The summed E-state index contributed by atoms with van der Waals surface area (Å²) in [5.74, 6) is 0.843. The molecule has 4 heteroatoms. The Balaban J connectivity index is 1.84. The van der Waals surface area contributed by atoms with Crippen LogP contribution in [0.4, 0.5) is 0 Å². The number of hydrogen-bond donors (Lipinski definition) is 1. The van der Waals surface area contributed by atoms with E-state index in [0.717, 1.165) is 36.0 Å². The number of aliphatic imine (C=N–C) groups is 1. The van der Waals surface area contributed by atoms with Crippen LogP contribution in [-0.2, 0) is 4.74 Å². The van der Waals surface area contributed by atoms with Gasteiger partial charge in [-0.05, 0) is 31.4 Å². The van der Waals surface area contributed by atoms with Crippen molar-refractivity contribution in [2.45, 2.75) is 19.3 Å². The molecule has 4 nitrogen and oxygen atoms in total. The summed E-state index contributed by atoms with van der Waals surface area (Å²) in [6, 6.07) is 4.00. The molecule has 100 valence electrons. The standard InChI is InChI=1S/C15H19N3O/c1-19-15-10-13(12-6-5-7-16-12)17-14(15)11-18-8-3-2-4-9-18/h5-7,10-11,16H,2-4,8-9H2,1H3/b14-11-. The molecule has 1 saturated heterocycles. The van der Waals surface area contributed by atoms with Crippen LogP contribution in [0, 0.1) is 0 Å². The number of ether oxygens (including phenoxy) is 1. The Morgan fingerprint density at radius 1 is 1.32 bits per heavy atom. The van der Waals surface area contributed by atoms with Crippen molar-refractivity contribution in [3.63, 3.8) is 0 Å². The lowest BCUT2D eigenvalue weighted by molar-refractivity contribution is 0.288. The van der Waals surface area contributed by atoms with E-state index in [1.165, 1.54) is 19.3 Å². The van der Waals surface area contributed by atoms with E-state index in [2.05, 4.69) is 21.1 Å². The highest BCUT2D eigenvalue weighted by molar-refractivity contribution is 6.10. The molecule has 0 aromatic carbocycles. The number of nitrogens with zero attached hydrogens (tertiary/aromatic N) is 2. The van der Waals surface area contributed by atoms with Gasteiger partial charge in [-0.1, -0.05) is 0 Å². The Bertz CT molecular complexity index is 520. The minimum atomic E-state index is 0.843. The molecule has 0 atom stereocenters. The number of aromatic nitrogens is 1. The second-order valence-corrected chi connectivity index (χ2v) is 4.90. The summed E-state index contributed by atoms with van der Waals surface area (Å²) in [4.78, 5) is 10.2. The van der Waals surface area contributed by atoms with Gasteiger partial charge < -0.3 is 14.6 Å². The molecule has 1 fully saturated rings. The highest BCUT2D eigenvalue weighted by Gasteiger charge is 2.18. The van der Waals surface area contributed by atoms with Gasteiger partial charge in [0.25, 0.3) is 0 Å². The van der Waals surface area contributed by atoms with E-state index in [9.17, 15) is 0 Å². The van der Waals surface area contributed by atoms with E-state index in [1.807, 2.05) is 24.4 Å². The summed E-state index contributed by atoms with van der Waals surface area (Å²) in [6.07, 6.45) is 9.90. The first-order valence-corrected chi connectivity index (χ1v) is 6.81. The van der Waals surface area contributed by atoms with Crippen LogP contribution < -0.4 is 0 Å². The largest absolute Gasteiger partial charge is 0.494 e. The van der Waals surface area contributed by atoms with Crippen LogP contribution in [-0.4, -0.2) is 35.8 Å². The smallest absolute Gasteiger partial charge is 0.148 e. The Hall–Kier alpha value is -1.97. The van der Waals surface area contributed by atoms with Crippen molar-refractivity contribution in [2.75, 3.05) is 20.2 Å². The monoisotopic (exact) mass is 257 g/mol. The minimum absolute atomic E-state index is 0.843. The number of aromatic amines is 1. The summed E-state index contributed by atoms with van der Waals surface area (Å²) in [6.45, 7) is 2.24. The lowest BCUT2D eigenvalue weighted by Crippen LogP contribution is -2.24. The molecule has 3 heterocycles. The third kappa shape index (κ3) is 2.57. The van der Waals surface area contributed by atoms with Gasteiger partial charge >= 0.3 is 0 Å². The predicted octanol–water partition coefficient (Wildman–Crippen LogP) is 2.68. The average Bonchev–Trinajstić information content (AvgIpc) is 3.08. The zero-order chi connectivity index (χ0) is 13.1. The van der Waals surface area contributed by atoms with Crippen LogP contribution in [0.1, 0.15) is 25.0 Å².